The van der Waals surface area contributed by atoms with Crippen molar-refractivity contribution < 1.29 is 13.9 Å². The van der Waals surface area contributed by atoms with Gasteiger partial charge in [0.15, 0.2) is 0 Å². The fraction of sp³-hybridized carbons (Fsp3) is 0.118. The van der Waals surface area contributed by atoms with Crippen LogP contribution in [0.5, 0.6) is 0 Å². The van der Waals surface area contributed by atoms with Crippen LogP contribution in [0.25, 0.3) is 10.9 Å². The first kappa shape index (κ1) is 16.3. The van der Waals surface area contributed by atoms with Gasteiger partial charge in [-0.25, -0.2) is 14.2 Å². The summed E-state index contributed by atoms with van der Waals surface area (Å²) >= 11 is 3.12. The smallest absolute Gasteiger partial charge is 0.341 e. The highest BCUT2D eigenvalue weighted by Gasteiger charge is 2.14. The van der Waals surface area contributed by atoms with Crippen LogP contribution in [0.4, 0.5) is 4.39 Å². The molecule has 0 radical (unpaired) electrons. The number of aryl methyl sites for hydroxylation is 1. The summed E-state index contributed by atoms with van der Waals surface area (Å²) in [7, 11) is 0. The van der Waals surface area contributed by atoms with Crippen molar-refractivity contribution in [2.75, 3.05) is 0 Å². The van der Waals surface area contributed by atoms with Crippen LogP contribution in [0.2, 0.25) is 0 Å². The maximum Gasteiger partial charge on any atom is 0.341 e. The van der Waals surface area contributed by atoms with Gasteiger partial charge in [-0.2, -0.15) is 0 Å². The Morgan fingerprint density at radius 1 is 1.33 bits per heavy atom. The number of hydrogen-bond acceptors (Lipinski definition) is 4. The van der Waals surface area contributed by atoms with Crippen molar-refractivity contribution in [3.63, 3.8) is 0 Å². The second-order valence-corrected chi connectivity index (χ2v) is 6.10. The lowest BCUT2D eigenvalue weighted by molar-refractivity contribution is 0.0457. The van der Waals surface area contributed by atoms with E-state index in [1.165, 1.54) is 12.1 Å². The molecule has 0 saturated carbocycles. The molecule has 0 spiro atoms. The molecule has 0 saturated heterocycles. The van der Waals surface area contributed by atoms with E-state index >= 15 is 0 Å². The predicted octanol–water partition coefficient (Wildman–Crippen LogP) is 3.49. The zero-order valence-corrected chi connectivity index (χ0v) is 14.2. The number of aromatic amines is 1. The van der Waals surface area contributed by atoms with Crippen LogP contribution < -0.4 is 5.56 Å². The molecule has 122 valence electrons. The Labute approximate surface area is 144 Å². The maximum atomic E-state index is 13.7. The average Bonchev–Trinajstić information content (AvgIpc) is 2.53. The highest BCUT2D eigenvalue weighted by Crippen LogP contribution is 2.17. The predicted molar refractivity (Wildman–Crippen MR) is 90.3 cm³/mol. The van der Waals surface area contributed by atoms with Crippen molar-refractivity contribution in [1.82, 2.24) is 9.97 Å². The summed E-state index contributed by atoms with van der Waals surface area (Å²) in [5, 5.41) is 0.462. The first-order chi connectivity index (χ1) is 11.5. The largest absolute Gasteiger partial charge is 0.454 e. The van der Waals surface area contributed by atoms with E-state index in [4.69, 9.17) is 4.74 Å². The van der Waals surface area contributed by atoms with Gasteiger partial charge in [-0.1, -0.05) is 28.1 Å². The quantitative estimate of drug-likeness (QED) is 0.694. The number of halogens is 2. The zero-order chi connectivity index (χ0) is 17.3. The van der Waals surface area contributed by atoms with E-state index in [0.29, 0.717) is 15.4 Å². The van der Waals surface area contributed by atoms with E-state index in [1.54, 1.807) is 18.2 Å². The van der Waals surface area contributed by atoms with Crippen LogP contribution in [-0.2, 0) is 11.3 Å². The number of nitrogens with one attached hydrogen (secondary N) is 1. The lowest BCUT2D eigenvalue weighted by atomic mass is 10.1. The fourth-order valence-electron chi connectivity index (χ4n) is 2.29. The second-order valence-electron chi connectivity index (χ2n) is 5.18. The molecule has 3 aromatic rings. The van der Waals surface area contributed by atoms with Crippen LogP contribution in [0, 0.1) is 12.7 Å². The van der Waals surface area contributed by atoms with Crippen molar-refractivity contribution >= 4 is 32.8 Å². The number of carbonyl (C=O) groups is 1. The number of hydrogen-bond donors (Lipinski definition) is 1. The molecule has 0 aliphatic heterocycles. The molecule has 0 unspecified atom stereocenters. The summed E-state index contributed by atoms with van der Waals surface area (Å²) in [6, 6.07) is 9.31. The Bertz CT molecular complexity index is 1000. The minimum Gasteiger partial charge on any atom is -0.454 e. The summed E-state index contributed by atoms with van der Waals surface area (Å²) < 4.78 is 19.3. The van der Waals surface area contributed by atoms with E-state index in [1.807, 2.05) is 13.0 Å². The lowest BCUT2D eigenvalue weighted by Gasteiger charge is -2.07. The Hall–Kier alpha value is -2.54. The average molecular weight is 391 g/mol. The fourth-order valence-corrected chi connectivity index (χ4v) is 2.62. The summed E-state index contributed by atoms with van der Waals surface area (Å²) in [5.74, 6) is -1.31. The molecule has 2 aromatic carbocycles. The molecule has 24 heavy (non-hydrogen) atoms. The summed E-state index contributed by atoms with van der Waals surface area (Å²) in [4.78, 5) is 30.9. The molecule has 1 heterocycles. The molecule has 0 bridgehead atoms. The molecular formula is C17H12BrFN2O3. The number of ether oxygens (including phenoxy) is 1. The monoisotopic (exact) mass is 390 g/mol. The highest BCUT2D eigenvalue weighted by atomic mass is 79.9. The van der Waals surface area contributed by atoms with Crippen molar-refractivity contribution in [2.24, 2.45) is 0 Å². The van der Waals surface area contributed by atoms with Gasteiger partial charge < -0.3 is 9.72 Å². The number of H-pyrrole nitrogens is 1. The zero-order valence-electron chi connectivity index (χ0n) is 12.6. The first-order valence-corrected chi connectivity index (χ1v) is 7.85. The third kappa shape index (κ3) is 3.21. The van der Waals surface area contributed by atoms with Gasteiger partial charge in [-0.15, -0.1) is 0 Å². The number of benzene rings is 2. The minimum atomic E-state index is -0.826. The van der Waals surface area contributed by atoms with Gasteiger partial charge in [0.05, 0.1) is 16.5 Å². The molecule has 0 fully saturated rings. The molecule has 3 rings (SSSR count). The number of esters is 1. The third-order valence-corrected chi connectivity index (χ3v) is 3.97. The number of aromatic nitrogens is 2. The van der Waals surface area contributed by atoms with E-state index in [0.717, 1.165) is 5.56 Å². The number of nitrogens with zero attached hydrogens (tertiary/aromatic N) is 1. The van der Waals surface area contributed by atoms with Crippen molar-refractivity contribution in [3.8, 4) is 0 Å². The van der Waals surface area contributed by atoms with E-state index in [9.17, 15) is 14.0 Å². The number of fused-ring (bicyclic) bond motifs is 1. The molecule has 0 atom stereocenters. The lowest BCUT2D eigenvalue weighted by Crippen LogP contribution is -2.15. The first-order valence-electron chi connectivity index (χ1n) is 7.06. The van der Waals surface area contributed by atoms with Gasteiger partial charge >= 0.3 is 5.97 Å². The Balaban J connectivity index is 1.84. The number of para-hydroxylation sites is 1. The molecular weight excluding hydrogens is 379 g/mol. The van der Waals surface area contributed by atoms with Crippen molar-refractivity contribution in [2.45, 2.75) is 13.5 Å². The van der Waals surface area contributed by atoms with Gasteiger partial charge in [0, 0.05) is 4.47 Å². The third-order valence-electron chi connectivity index (χ3n) is 3.48. The highest BCUT2D eigenvalue weighted by molar-refractivity contribution is 9.10. The van der Waals surface area contributed by atoms with Gasteiger partial charge in [-0.3, -0.25) is 4.79 Å². The minimum absolute atomic E-state index is 0.183. The topological polar surface area (TPSA) is 72.1 Å². The summed E-state index contributed by atoms with van der Waals surface area (Å²) in [5.41, 5.74) is 0.884. The summed E-state index contributed by atoms with van der Waals surface area (Å²) in [6.45, 7) is 1.58. The molecule has 5 nitrogen and oxygen atoms in total. The van der Waals surface area contributed by atoms with Crippen molar-refractivity contribution in [1.29, 1.82) is 0 Å². The van der Waals surface area contributed by atoms with E-state index in [-0.39, 0.29) is 23.6 Å². The number of rotatable bonds is 3. The Morgan fingerprint density at radius 2 is 2.12 bits per heavy atom. The molecule has 0 aliphatic carbocycles. The van der Waals surface area contributed by atoms with Gasteiger partial charge in [-0.05, 0) is 36.8 Å². The molecule has 0 aliphatic rings. The van der Waals surface area contributed by atoms with Crippen molar-refractivity contribution in [3.05, 3.63) is 74.0 Å². The van der Waals surface area contributed by atoms with Crippen LogP contribution in [0.15, 0.2) is 45.7 Å². The molecule has 0 amide bonds. The van der Waals surface area contributed by atoms with Crippen LogP contribution in [-0.4, -0.2) is 15.9 Å². The second kappa shape index (κ2) is 6.52. The normalized spacial score (nSPS) is 10.8. The van der Waals surface area contributed by atoms with Gasteiger partial charge in [0.25, 0.3) is 5.56 Å². The van der Waals surface area contributed by atoms with Crippen LogP contribution in [0.3, 0.4) is 0 Å². The standard InChI is InChI=1S/C17H12BrFN2O3/c1-9-3-2-4-12-15(9)20-14(21-16(12)22)8-24-17(23)11-6-5-10(18)7-13(11)19/h2-7H,8H2,1H3,(H,20,21,22). The van der Waals surface area contributed by atoms with Crippen LogP contribution >= 0.6 is 15.9 Å². The molecule has 1 aromatic heterocycles. The van der Waals surface area contributed by atoms with E-state index in [2.05, 4.69) is 25.9 Å². The molecule has 7 heteroatoms. The van der Waals surface area contributed by atoms with Gasteiger partial charge in [0.2, 0.25) is 0 Å². The molecule has 1 N–H and O–H groups in total. The summed E-state index contributed by atoms with van der Waals surface area (Å²) in [6.07, 6.45) is 0. The Morgan fingerprint density at radius 3 is 2.88 bits per heavy atom. The number of carbonyl (C=O) groups excluding carboxylic acids is 1. The maximum absolute atomic E-state index is 13.7. The Kier molecular flexibility index (Phi) is 4.44. The van der Waals surface area contributed by atoms with Crippen LogP contribution in [0.1, 0.15) is 21.7 Å². The van der Waals surface area contributed by atoms with Gasteiger partial charge in [0.1, 0.15) is 18.2 Å². The SMILES string of the molecule is Cc1cccc2c(=O)[nH]c(COC(=O)c3ccc(Br)cc3F)nc12. The van der Waals surface area contributed by atoms with E-state index < -0.39 is 11.8 Å².